The lowest BCUT2D eigenvalue weighted by Gasteiger charge is -2.31. The standard InChI is InChI=1S/C20H27ClN2O4S/c1-14(20(26)22-16-8-6-7-15(21)11-16)27-19(25)13-28-12-18(24)23(2)17-9-4-3-5-10-17/h6-8,11,14,17H,3-5,9-10,12-13H2,1-2H3,(H,22,26)/t14-/m1/s1. The van der Waals surface area contributed by atoms with Crippen molar-refractivity contribution in [2.45, 2.75) is 51.2 Å². The normalized spacial score (nSPS) is 15.5. The largest absolute Gasteiger partial charge is 0.452 e. The number of esters is 1. The van der Waals surface area contributed by atoms with Crippen molar-refractivity contribution < 1.29 is 19.1 Å². The van der Waals surface area contributed by atoms with Crippen molar-refractivity contribution >= 4 is 46.8 Å². The third-order valence-corrected chi connectivity index (χ3v) is 5.86. The van der Waals surface area contributed by atoms with Crippen LogP contribution in [-0.4, -0.2) is 53.4 Å². The van der Waals surface area contributed by atoms with Crippen LogP contribution in [0.25, 0.3) is 0 Å². The van der Waals surface area contributed by atoms with Gasteiger partial charge in [-0.3, -0.25) is 14.4 Å². The SMILES string of the molecule is C[C@@H](OC(=O)CSCC(=O)N(C)C1CCCCC1)C(=O)Nc1cccc(Cl)c1. The minimum absolute atomic E-state index is 0.0245. The molecule has 2 amide bonds. The molecule has 0 radical (unpaired) electrons. The van der Waals surface area contributed by atoms with Crippen molar-refractivity contribution in [3.63, 3.8) is 0 Å². The van der Waals surface area contributed by atoms with Crippen molar-refractivity contribution in [1.82, 2.24) is 4.90 Å². The maximum atomic E-state index is 12.3. The molecule has 0 spiro atoms. The fraction of sp³-hybridized carbons (Fsp3) is 0.550. The maximum Gasteiger partial charge on any atom is 0.316 e. The number of amides is 2. The fourth-order valence-electron chi connectivity index (χ4n) is 3.09. The van der Waals surface area contributed by atoms with Gasteiger partial charge in [-0.1, -0.05) is 36.9 Å². The third-order valence-electron chi connectivity index (χ3n) is 4.73. The van der Waals surface area contributed by atoms with Gasteiger partial charge in [0.05, 0.1) is 11.5 Å². The molecule has 1 aliphatic carbocycles. The number of carbonyl (C=O) groups excluding carboxylic acids is 3. The van der Waals surface area contributed by atoms with Crippen molar-refractivity contribution in [3.8, 4) is 0 Å². The van der Waals surface area contributed by atoms with E-state index in [-0.39, 0.29) is 17.4 Å². The molecular weight excluding hydrogens is 400 g/mol. The van der Waals surface area contributed by atoms with E-state index < -0.39 is 18.0 Å². The van der Waals surface area contributed by atoms with Gasteiger partial charge in [0.2, 0.25) is 5.91 Å². The number of hydrogen-bond donors (Lipinski definition) is 1. The first-order valence-corrected chi connectivity index (χ1v) is 11.0. The Labute approximate surface area is 175 Å². The second kappa shape index (κ2) is 11.3. The lowest BCUT2D eigenvalue weighted by molar-refractivity contribution is -0.150. The first-order valence-electron chi connectivity index (χ1n) is 9.46. The molecule has 1 aromatic rings. The van der Waals surface area contributed by atoms with Crippen LogP contribution in [0.4, 0.5) is 5.69 Å². The number of thioether (sulfide) groups is 1. The van der Waals surface area contributed by atoms with Crippen LogP contribution < -0.4 is 5.32 Å². The van der Waals surface area contributed by atoms with Gasteiger partial charge in [0, 0.05) is 23.8 Å². The van der Waals surface area contributed by atoms with E-state index in [1.54, 1.807) is 29.2 Å². The zero-order valence-corrected chi connectivity index (χ0v) is 17.9. The number of rotatable bonds is 8. The van der Waals surface area contributed by atoms with Crippen LogP contribution in [0.3, 0.4) is 0 Å². The summed E-state index contributed by atoms with van der Waals surface area (Å²) in [5.74, 6) is -0.679. The van der Waals surface area contributed by atoms with E-state index in [2.05, 4.69) is 5.32 Å². The Hall–Kier alpha value is -1.73. The van der Waals surface area contributed by atoms with Crippen LogP contribution in [0.1, 0.15) is 39.0 Å². The Balaban J connectivity index is 1.68. The van der Waals surface area contributed by atoms with E-state index in [0.717, 1.165) is 25.7 Å². The summed E-state index contributed by atoms with van der Waals surface area (Å²) in [6.07, 6.45) is 4.73. The van der Waals surface area contributed by atoms with Crippen LogP contribution >= 0.6 is 23.4 Å². The molecule has 1 N–H and O–H groups in total. The molecule has 154 valence electrons. The topological polar surface area (TPSA) is 75.7 Å². The fourth-order valence-corrected chi connectivity index (χ4v) is 4.00. The third kappa shape index (κ3) is 7.36. The Morgan fingerprint density at radius 2 is 1.96 bits per heavy atom. The summed E-state index contributed by atoms with van der Waals surface area (Å²) in [4.78, 5) is 38.1. The van der Waals surface area contributed by atoms with Crippen molar-refractivity contribution in [1.29, 1.82) is 0 Å². The number of nitrogens with one attached hydrogen (secondary N) is 1. The first kappa shape index (κ1) is 22.6. The van der Waals surface area contributed by atoms with Gasteiger partial charge in [-0.25, -0.2) is 0 Å². The summed E-state index contributed by atoms with van der Waals surface area (Å²) in [6, 6.07) is 7.03. The van der Waals surface area contributed by atoms with Crippen molar-refractivity contribution in [3.05, 3.63) is 29.3 Å². The summed E-state index contributed by atoms with van der Waals surface area (Å²) < 4.78 is 5.14. The molecule has 0 unspecified atom stereocenters. The number of ether oxygens (including phenoxy) is 1. The van der Waals surface area contributed by atoms with E-state index in [4.69, 9.17) is 16.3 Å². The lowest BCUT2D eigenvalue weighted by atomic mass is 9.94. The van der Waals surface area contributed by atoms with E-state index in [9.17, 15) is 14.4 Å². The summed E-state index contributed by atoms with van der Waals surface area (Å²) in [7, 11) is 1.83. The zero-order valence-electron chi connectivity index (χ0n) is 16.3. The Morgan fingerprint density at radius 3 is 2.64 bits per heavy atom. The number of hydrogen-bond acceptors (Lipinski definition) is 5. The van der Waals surface area contributed by atoms with Gasteiger partial charge in [0.25, 0.3) is 5.91 Å². The van der Waals surface area contributed by atoms with Crippen molar-refractivity contribution in [2.24, 2.45) is 0 Å². The highest BCUT2D eigenvalue weighted by Gasteiger charge is 2.23. The molecule has 1 saturated carbocycles. The van der Waals surface area contributed by atoms with Crippen LogP contribution in [-0.2, 0) is 19.1 Å². The van der Waals surface area contributed by atoms with Gasteiger partial charge in [0.15, 0.2) is 6.10 Å². The average molecular weight is 427 g/mol. The highest BCUT2D eigenvalue weighted by Crippen LogP contribution is 2.22. The van der Waals surface area contributed by atoms with E-state index in [0.29, 0.717) is 16.8 Å². The molecule has 1 aromatic carbocycles. The highest BCUT2D eigenvalue weighted by molar-refractivity contribution is 8.00. The number of benzene rings is 1. The average Bonchev–Trinajstić information content (AvgIpc) is 2.67. The smallest absolute Gasteiger partial charge is 0.316 e. The summed E-state index contributed by atoms with van der Waals surface area (Å²) in [5, 5.41) is 3.15. The molecule has 1 aliphatic rings. The summed E-state index contributed by atoms with van der Waals surface area (Å²) >= 11 is 7.08. The Morgan fingerprint density at radius 1 is 1.25 bits per heavy atom. The van der Waals surface area contributed by atoms with Crippen LogP contribution in [0.15, 0.2) is 24.3 Å². The molecule has 0 bridgehead atoms. The second-order valence-electron chi connectivity index (χ2n) is 6.92. The van der Waals surface area contributed by atoms with Gasteiger partial charge in [-0.05, 0) is 38.0 Å². The van der Waals surface area contributed by atoms with Gasteiger partial charge in [-0.15, -0.1) is 11.8 Å². The molecule has 0 saturated heterocycles. The predicted octanol–water partition coefficient (Wildman–Crippen LogP) is 3.73. The minimum atomic E-state index is -0.937. The number of halogens is 1. The van der Waals surface area contributed by atoms with Gasteiger partial charge in [-0.2, -0.15) is 0 Å². The maximum absolute atomic E-state index is 12.3. The second-order valence-corrected chi connectivity index (χ2v) is 8.34. The van der Waals surface area contributed by atoms with E-state index in [1.165, 1.54) is 25.1 Å². The molecule has 0 aliphatic heterocycles. The summed E-state index contributed by atoms with van der Waals surface area (Å²) in [6.45, 7) is 1.50. The molecule has 28 heavy (non-hydrogen) atoms. The number of carbonyl (C=O) groups is 3. The minimum Gasteiger partial charge on any atom is -0.452 e. The van der Waals surface area contributed by atoms with E-state index >= 15 is 0 Å². The molecule has 6 nitrogen and oxygen atoms in total. The Kier molecular flexibility index (Phi) is 9.12. The highest BCUT2D eigenvalue weighted by atomic mass is 35.5. The van der Waals surface area contributed by atoms with Gasteiger partial charge < -0.3 is 15.0 Å². The molecule has 8 heteroatoms. The predicted molar refractivity (Wildman–Crippen MR) is 113 cm³/mol. The number of anilines is 1. The lowest BCUT2D eigenvalue weighted by Crippen LogP contribution is -2.39. The molecule has 1 atom stereocenters. The molecule has 1 fully saturated rings. The molecule has 0 heterocycles. The monoisotopic (exact) mass is 426 g/mol. The number of nitrogens with zero attached hydrogens (tertiary/aromatic N) is 1. The van der Waals surface area contributed by atoms with E-state index in [1.807, 2.05) is 7.05 Å². The summed E-state index contributed by atoms with van der Waals surface area (Å²) in [5.41, 5.74) is 0.533. The Bertz CT molecular complexity index is 695. The van der Waals surface area contributed by atoms with Gasteiger partial charge >= 0.3 is 5.97 Å². The molecule has 0 aromatic heterocycles. The molecule has 2 rings (SSSR count). The van der Waals surface area contributed by atoms with Crippen LogP contribution in [0.5, 0.6) is 0 Å². The zero-order chi connectivity index (χ0) is 20.5. The van der Waals surface area contributed by atoms with Gasteiger partial charge in [0.1, 0.15) is 0 Å². The first-order chi connectivity index (χ1) is 13.4. The van der Waals surface area contributed by atoms with Crippen molar-refractivity contribution in [2.75, 3.05) is 23.9 Å². The quantitative estimate of drug-likeness (QED) is 0.641. The molecular formula is C20H27ClN2O4S. The van der Waals surface area contributed by atoms with Crippen LogP contribution in [0, 0.1) is 0 Å². The van der Waals surface area contributed by atoms with Crippen LogP contribution in [0.2, 0.25) is 5.02 Å².